The quantitative estimate of drug-likeness (QED) is 0.403. The molecule has 0 aromatic heterocycles. The Kier molecular flexibility index (Phi) is 5.97. The molecule has 3 aromatic carbocycles. The maximum Gasteiger partial charge on any atom is 0.325 e. The minimum absolute atomic E-state index is 0.311. The highest BCUT2D eigenvalue weighted by atomic mass is 16.6. The molecule has 9 nitrogen and oxygen atoms in total. The summed E-state index contributed by atoms with van der Waals surface area (Å²) >= 11 is 0. The van der Waals surface area contributed by atoms with Gasteiger partial charge in [0.25, 0.3) is 5.91 Å². The van der Waals surface area contributed by atoms with E-state index in [9.17, 15) is 14.4 Å². The number of nitrogens with one attached hydrogen (secondary N) is 1. The maximum absolute atomic E-state index is 13.9. The number of ether oxygens (including phenoxy) is 4. The van der Waals surface area contributed by atoms with Crippen molar-refractivity contribution >= 4 is 17.7 Å². The zero-order chi connectivity index (χ0) is 25.3. The Morgan fingerprint density at radius 2 is 1.42 bits per heavy atom. The third-order valence-corrected chi connectivity index (χ3v) is 6.32. The first-order valence-electron chi connectivity index (χ1n) is 11.3. The van der Waals surface area contributed by atoms with Gasteiger partial charge in [-0.1, -0.05) is 24.3 Å². The van der Waals surface area contributed by atoms with Crippen molar-refractivity contribution in [3.8, 4) is 23.0 Å². The summed E-state index contributed by atoms with van der Waals surface area (Å²) in [6.45, 7) is 0.379. The lowest BCUT2D eigenvalue weighted by Crippen LogP contribution is -2.45. The third kappa shape index (κ3) is 3.88. The predicted molar refractivity (Wildman–Crippen MR) is 129 cm³/mol. The maximum atomic E-state index is 13.9. The normalized spacial score (nSPS) is 15.9. The number of urea groups is 1. The third-order valence-electron chi connectivity index (χ3n) is 6.32. The number of methoxy groups -OCH3 is 2. The van der Waals surface area contributed by atoms with Gasteiger partial charge >= 0.3 is 6.03 Å². The summed E-state index contributed by atoms with van der Waals surface area (Å²) < 4.78 is 21.6. The highest BCUT2D eigenvalue weighted by Gasteiger charge is 2.54. The summed E-state index contributed by atoms with van der Waals surface area (Å²) in [5.74, 6) is 1.24. The average Bonchev–Trinajstić information content (AvgIpc) is 3.18. The number of Topliss-reactive ketones (excluding diaryl/α,β-unsaturated/α-hetero) is 1. The molecule has 0 radical (unpaired) electrons. The number of imide groups is 1. The number of fused-ring (bicyclic) bond motifs is 1. The Morgan fingerprint density at radius 3 is 1.97 bits per heavy atom. The molecule has 0 atom stereocenters. The van der Waals surface area contributed by atoms with E-state index in [1.54, 1.807) is 80.9 Å². The zero-order valence-electron chi connectivity index (χ0n) is 19.8. The van der Waals surface area contributed by atoms with Crippen molar-refractivity contribution in [1.82, 2.24) is 10.2 Å². The van der Waals surface area contributed by atoms with Gasteiger partial charge in [0.1, 0.15) is 24.7 Å². The molecule has 0 aliphatic carbocycles. The van der Waals surface area contributed by atoms with Crippen LogP contribution in [0.15, 0.2) is 66.7 Å². The number of rotatable bonds is 7. The molecular weight excluding hydrogens is 464 g/mol. The molecule has 1 fully saturated rings. The standard InChI is InChI=1S/C27H24N2O7/c1-33-20-8-4-18(5-9-20)27(19-6-10-21(34-2)11-7-19)25(31)29(26(32)28-27)16-22(30)17-3-12-23-24(15-17)36-14-13-35-23/h3-12,15H,13-14,16H2,1-2H3,(H,28,32). The molecule has 3 aromatic rings. The lowest BCUT2D eigenvalue weighted by atomic mass is 9.82. The van der Waals surface area contributed by atoms with Crippen LogP contribution in [0.2, 0.25) is 0 Å². The summed E-state index contributed by atoms with van der Waals surface area (Å²) in [7, 11) is 3.09. The van der Waals surface area contributed by atoms with Gasteiger partial charge in [0, 0.05) is 5.56 Å². The monoisotopic (exact) mass is 488 g/mol. The number of hydrogen-bond donors (Lipinski definition) is 1. The van der Waals surface area contributed by atoms with Crippen LogP contribution in [-0.4, -0.2) is 56.6 Å². The van der Waals surface area contributed by atoms with E-state index in [-0.39, 0.29) is 0 Å². The summed E-state index contributed by atoms with van der Waals surface area (Å²) in [6.07, 6.45) is 0. The van der Waals surface area contributed by atoms with Crippen molar-refractivity contribution in [2.24, 2.45) is 0 Å². The van der Waals surface area contributed by atoms with E-state index in [0.717, 1.165) is 4.90 Å². The molecule has 5 rings (SSSR count). The average molecular weight is 488 g/mol. The van der Waals surface area contributed by atoms with Gasteiger partial charge in [-0.05, 0) is 53.6 Å². The van der Waals surface area contributed by atoms with Crippen LogP contribution in [0, 0.1) is 0 Å². The van der Waals surface area contributed by atoms with Crippen molar-refractivity contribution in [3.63, 3.8) is 0 Å². The molecule has 0 saturated carbocycles. The number of amides is 3. The molecule has 1 saturated heterocycles. The van der Waals surface area contributed by atoms with Crippen LogP contribution in [0.25, 0.3) is 0 Å². The van der Waals surface area contributed by atoms with Gasteiger partial charge in [-0.25, -0.2) is 4.79 Å². The van der Waals surface area contributed by atoms with Crippen molar-refractivity contribution in [2.75, 3.05) is 34.0 Å². The minimum atomic E-state index is -1.53. The Labute approximate surface area is 207 Å². The Balaban J connectivity index is 1.49. The topological polar surface area (TPSA) is 103 Å². The molecule has 184 valence electrons. The number of nitrogens with zero attached hydrogens (tertiary/aromatic N) is 1. The largest absolute Gasteiger partial charge is 0.497 e. The molecule has 9 heteroatoms. The van der Waals surface area contributed by atoms with Crippen LogP contribution in [0.5, 0.6) is 23.0 Å². The van der Waals surface area contributed by atoms with Crippen molar-refractivity contribution < 1.29 is 33.3 Å². The molecule has 2 aliphatic rings. The summed E-state index contributed by atoms with van der Waals surface area (Å²) in [5.41, 5.74) is -0.156. The summed E-state index contributed by atoms with van der Waals surface area (Å²) in [6, 6.07) is 17.8. The fourth-order valence-corrected chi connectivity index (χ4v) is 4.41. The Morgan fingerprint density at radius 1 is 0.861 bits per heavy atom. The Hall–Kier alpha value is -4.53. The van der Waals surface area contributed by atoms with E-state index >= 15 is 0 Å². The molecule has 2 aliphatic heterocycles. The molecule has 0 spiro atoms. The van der Waals surface area contributed by atoms with Crippen molar-refractivity contribution in [3.05, 3.63) is 83.4 Å². The van der Waals surface area contributed by atoms with E-state index in [2.05, 4.69) is 5.32 Å². The fourth-order valence-electron chi connectivity index (χ4n) is 4.41. The van der Waals surface area contributed by atoms with E-state index in [1.807, 2.05) is 0 Å². The van der Waals surface area contributed by atoms with Crippen LogP contribution in [0.1, 0.15) is 21.5 Å². The molecule has 1 N–H and O–H groups in total. The van der Waals surface area contributed by atoms with Crippen LogP contribution < -0.4 is 24.3 Å². The van der Waals surface area contributed by atoms with Gasteiger partial charge in [0.15, 0.2) is 22.8 Å². The first-order valence-corrected chi connectivity index (χ1v) is 11.3. The van der Waals surface area contributed by atoms with Gasteiger partial charge in [-0.15, -0.1) is 0 Å². The van der Waals surface area contributed by atoms with Crippen molar-refractivity contribution in [2.45, 2.75) is 5.54 Å². The van der Waals surface area contributed by atoms with Gasteiger partial charge in [0.05, 0.1) is 20.8 Å². The first kappa shape index (κ1) is 23.2. The van der Waals surface area contributed by atoms with Gasteiger partial charge < -0.3 is 24.3 Å². The van der Waals surface area contributed by atoms with E-state index in [4.69, 9.17) is 18.9 Å². The second-order valence-electron chi connectivity index (χ2n) is 8.31. The molecule has 0 unspecified atom stereocenters. The first-order chi connectivity index (χ1) is 17.5. The fraction of sp³-hybridized carbons (Fsp3) is 0.222. The van der Waals surface area contributed by atoms with Crippen LogP contribution in [0.4, 0.5) is 4.79 Å². The van der Waals surface area contributed by atoms with Gasteiger partial charge in [-0.3, -0.25) is 14.5 Å². The Bertz CT molecular complexity index is 1270. The molecule has 2 heterocycles. The number of carbonyl (C=O) groups is 3. The number of benzene rings is 3. The van der Waals surface area contributed by atoms with Crippen LogP contribution in [-0.2, 0) is 10.3 Å². The summed E-state index contributed by atoms with van der Waals surface area (Å²) in [5, 5.41) is 2.84. The van der Waals surface area contributed by atoms with Crippen LogP contribution >= 0.6 is 0 Å². The predicted octanol–water partition coefficient (Wildman–Crippen LogP) is 3.15. The van der Waals surface area contributed by atoms with Gasteiger partial charge in [0.2, 0.25) is 0 Å². The molecule has 36 heavy (non-hydrogen) atoms. The highest BCUT2D eigenvalue weighted by molar-refractivity contribution is 6.13. The van der Waals surface area contributed by atoms with E-state index in [0.29, 0.717) is 52.9 Å². The van der Waals surface area contributed by atoms with Gasteiger partial charge in [-0.2, -0.15) is 0 Å². The van der Waals surface area contributed by atoms with E-state index < -0.39 is 29.8 Å². The van der Waals surface area contributed by atoms with Crippen LogP contribution in [0.3, 0.4) is 0 Å². The second kappa shape index (κ2) is 9.26. The summed E-state index contributed by atoms with van der Waals surface area (Å²) in [4.78, 5) is 41.1. The highest BCUT2D eigenvalue weighted by Crippen LogP contribution is 2.38. The zero-order valence-corrected chi connectivity index (χ0v) is 19.8. The lowest BCUT2D eigenvalue weighted by Gasteiger charge is -2.28. The minimum Gasteiger partial charge on any atom is -0.497 e. The SMILES string of the molecule is COc1ccc(C2(c3ccc(OC)cc3)NC(=O)N(CC(=O)c3ccc4c(c3)OCCO4)C2=O)cc1. The molecule has 0 bridgehead atoms. The second-order valence-corrected chi connectivity index (χ2v) is 8.31. The number of carbonyl (C=O) groups excluding carboxylic acids is 3. The number of hydrogen-bond acceptors (Lipinski definition) is 7. The lowest BCUT2D eigenvalue weighted by molar-refractivity contribution is -0.129. The smallest absolute Gasteiger partial charge is 0.325 e. The van der Waals surface area contributed by atoms with E-state index in [1.165, 1.54) is 0 Å². The number of ketones is 1. The van der Waals surface area contributed by atoms with Crippen molar-refractivity contribution in [1.29, 1.82) is 0 Å². The molecule has 3 amide bonds. The molecular formula is C27H24N2O7.